The third-order valence-electron chi connectivity index (χ3n) is 9.87. The molecule has 3 aliphatic rings. The first kappa shape index (κ1) is 24.8. The highest BCUT2D eigenvalue weighted by Crippen LogP contribution is 2.54. The highest BCUT2D eigenvalue weighted by molar-refractivity contribution is 6.32. The lowest BCUT2D eigenvalue weighted by Gasteiger charge is -2.33. The summed E-state index contributed by atoms with van der Waals surface area (Å²) in [6, 6.07) is 26.7. The van der Waals surface area contributed by atoms with Gasteiger partial charge in [0, 0.05) is 5.41 Å². The monoisotopic (exact) mass is 508 g/mol. The Morgan fingerprint density at radius 3 is 1.64 bits per heavy atom. The molecule has 0 unspecified atom stereocenters. The maximum absolute atomic E-state index is 10.6. The second-order valence-corrected chi connectivity index (χ2v) is 12.2. The van der Waals surface area contributed by atoms with Gasteiger partial charge in [0.05, 0.1) is 0 Å². The van der Waals surface area contributed by atoms with E-state index in [1.807, 2.05) is 18.2 Å². The van der Waals surface area contributed by atoms with Crippen LogP contribution in [0, 0.1) is 0 Å². The van der Waals surface area contributed by atoms with Crippen LogP contribution in [-0.4, -0.2) is 13.0 Å². The van der Waals surface area contributed by atoms with Gasteiger partial charge >= 0.3 is 0 Å². The van der Waals surface area contributed by atoms with E-state index in [0.717, 1.165) is 44.0 Å². The number of phenols is 1. The van der Waals surface area contributed by atoms with E-state index >= 15 is 0 Å². The standard InChI is InChI=1S/C37H37BO/c38-31-15-17-33-34-18-16-32(39)24-36(34)37(35(33)23-31,19-3-1-5-25-7-9-27-11-13-29(27)21-25)20-4-2-6-26-8-10-28-12-14-30(28)22-26/h7-10,15-18,21-24,39H,1-6,11-14,19-20H2. The van der Waals surface area contributed by atoms with Gasteiger partial charge in [0.25, 0.3) is 0 Å². The van der Waals surface area contributed by atoms with Crippen LogP contribution in [0.4, 0.5) is 0 Å². The molecule has 4 aromatic rings. The van der Waals surface area contributed by atoms with Crippen molar-refractivity contribution in [3.05, 3.63) is 117 Å². The summed E-state index contributed by atoms with van der Waals surface area (Å²) < 4.78 is 0. The number of aryl methyl sites for hydroxylation is 6. The Labute approximate surface area is 234 Å². The van der Waals surface area contributed by atoms with E-state index in [0.29, 0.717) is 5.75 Å². The number of fused-ring (bicyclic) bond motifs is 5. The summed E-state index contributed by atoms with van der Waals surface area (Å²) in [5, 5.41) is 10.6. The Morgan fingerprint density at radius 1 is 0.564 bits per heavy atom. The van der Waals surface area contributed by atoms with Gasteiger partial charge < -0.3 is 5.11 Å². The highest BCUT2D eigenvalue weighted by Gasteiger charge is 2.42. The molecular formula is C37H37BO. The molecule has 0 fully saturated rings. The molecule has 39 heavy (non-hydrogen) atoms. The fourth-order valence-electron chi connectivity index (χ4n) is 7.48. The molecule has 194 valence electrons. The predicted octanol–water partition coefficient (Wildman–Crippen LogP) is 7.48. The van der Waals surface area contributed by atoms with Crippen molar-refractivity contribution in [2.45, 2.75) is 82.5 Å². The van der Waals surface area contributed by atoms with Gasteiger partial charge in [-0.15, -0.1) is 0 Å². The van der Waals surface area contributed by atoms with E-state index in [1.54, 1.807) is 22.3 Å². The number of hydrogen-bond acceptors (Lipinski definition) is 1. The normalized spacial score (nSPS) is 15.5. The van der Waals surface area contributed by atoms with Crippen LogP contribution in [0.3, 0.4) is 0 Å². The lowest BCUT2D eigenvalue weighted by Crippen LogP contribution is -2.27. The summed E-state index contributed by atoms with van der Waals surface area (Å²) in [7, 11) is 6.39. The second-order valence-electron chi connectivity index (χ2n) is 12.2. The summed E-state index contributed by atoms with van der Waals surface area (Å²) in [5.74, 6) is 0.364. The lowest BCUT2D eigenvalue weighted by molar-refractivity contribution is 0.404. The van der Waals surface area contributed by atoms with Gasteiger partial charge in [0.15, 0.2) is 0 Å². The maximum Gasteiger partial charge on any atom is 0.115 e. The van der Waals surface area contributed by atoms with Gasteiger partial charge in [0.2, 0.25) is 0 Å². The van der Waals surface area contributed by atoms with E-state index in [2.05, 4.69) is 54.6 Å². The van der Waals surface area contributed by atoms with Gasteiger partial charge in [-0.2, -0.15) is 0 Å². The van der Waals surface area contributed by atoms with Crippen molar-refractivity contribution < 1.29 is 5.11 Å². The summed E-state index contributed by atoms with van der Waals surface area (Å²) in [5.41, 5.74) is 15.1. The van der Waals surface area contributed by atoms with Crippen LogP contribution in [0.1, 0.15) is 83.0 Å². The maximum atomic E-state index is 10.6. The Kier molecular flexibility index (Phi) is 6.38. The van der Waals surface area contributed by atoms with Crippen LogP contribution in [0.5, 0.6) is 5.75 Å². The number of unbranched alkanes of at least 4 members (excludes halogenated alkanes) is 2. The molecule has 2 heteroatoms. The van der Waals surface area contributed by atoms with Crippen molar-refractivity contribution in [1.29, 1.82) is 0 Å². The smallest absolute Gasteiger partial charge is 0.115 e. The van der Waals surface area contributed by atoms with Gasteiger partial charge in [-0.05, 0) is 132 Å². The molecule has 0 aromatic heterocycles. The molecule has 0 bridgehead atoms. The third-order valence-corrected chi connectivity index (χ3v) is 9.87. The lowest BCUT2D eigenvalue weighted by atomic mass is 9.69. The molecule has 4 aromatic carbocycles. The third kappa shape index (κ3) is 4.52. The largest absolute Gasteiger partial charge is 0.508 e. The molecule has 0 heterocycles. The Balaban J connectivity index is 1.12. The molecule has 7 rings (SSSR count). The van der Waals surface area contributed by atoms with Crippen LogP contribution in [0.25, 0.3) is 11.1 Å². The van der Waals surface area contributed by atoms with Crippen molar-refractivity contribution in [3.63, 3.8) is 0 Å². The zero-order chi connectivity index (χ0) is 26.4. The molecule has 0 aliphatic heterocycles. The number of rotatable bonds is 10. The fourth-order valence-corrected chi connectivity index (χ4v) is 7.48. The first-order chi connectivity index (χ1) is 19.1. The molecule has 1 nitrogen and oxygen atoms in total. The van der Waals surface area contributed by atoms with E-state index < -0.39 is 0 Å². The van der Waals surface area contributed by atoms with Crippen LogP contribution in [0.2, 0.25) is 0 Å². The van der Waals surface area contributed by atoms with E-state index in [9.17, 15) is 5.11 Å². The zero-order valence-electron chi connectivity index (χ0n) is 22.9. The van der Waals surface area contributed by atoms with Crippen molar-refractivity contribution in [1.82, 2.24) is 0 Å². The Bertz CT molecular complexity index is 1430. The van der Waals surface area contributed by atoms with Crippen molar-refractivity contribution in [3.8, 4) is 16.9 Å². The van der Waals surface area contributed by atoms with E-state index in [-0.39, 0.29) is 5.41 Å². The van der Waals surface area contributed by atoms with Crippen LogP contribution < -0.4 is 5.46 Å². The zero-order valence-corrected chi connectivity index (χ0v) is 22.9. The first-order valence-corrected chi connectivity index (χ1v) is 15.0. The molecule has 1 N–H and O–H groups in total. The van der Waals surface area contributed by atoms with Crippen LogP contribution in [-0.2, 0) is 43.9 Å². The predicted molar refractivity (Wildman–Crippen MR) is 163 cm³/mol. The SMILES string of the molecule is [B]c1ccc2c(c1)C(CCCCc1ccc3c(c1)CC3)(CCCCc1ccc3c(c1)CC3)c1cc(O)ccc1-2. The van der Waals surface area contributed by atoms with Crippen LogP contribution in [0.15, 0.2) is 72.8 Å². The number of aromatic hydroxyl groups is 1. The van der Waals surface area contributed by atoms with Crippen molar-refractivity contribution in [2.24, 2.45) is 0 Å². The molecule has 0 saturated heterocycles. The van der Waals surface area contributed by atoms with E-state index in [1.165, 1.54) is 71.9 Å². The molecule has 0 spiro atoms. The van der Waals surface area contributed by atoms with Gasteiger partial charge in [-0.1, -0.05) is 79.0 Å². The number of benzene rings is 4. The summed E-state index contributed by atoms with van der Waals surface area (Å²) in [6.45, 7) is 0. The Hall–Kier alpha value is -3.26. The van der Waals surface area contributed by atoms with Crippen LogP contribution >= 0.6 is 0 Å². The average Bonchev–Trinajstić information content (AvgIpc) is 3.15. The summed E-state index contributed by atoms with van der Waals surface area (Å²) in [4.78, 5) is 0. The van der Waals surface area contributed by atoms with Crippen molar-refractivity contribution >= 4 is 13.3 Å². The van der Waals surface area contributed by atoms with Crippen molar-refractivity contribution in [2.75, 3.05) is 0 Å². The first-order valence-electron chi connectivity index (χ1n) is 15.0. The number of phenolic OH excluding ortho intramolecular Hbond substituents is 1. The van der Waals surface area contributed by atoms with Gasteiger partial charge in [0.1, 0.15) is 13.6 Å². The topological polar surface area (TPSA) is 20.2 Å². The average molecular weight is 509 g/mol. The molecule has 0 amide bonds. The molecule has 3 aliphatic carbocycles. The quantitative estimate of drug-likeness (QED) is 0.174. The summed E-state index contributed by atoms with van der Waals surface area (Å²) >= 11 is 0. The minimum atomic E-state index is -0.0975. The fraction of sp³-hybridized carbons (Fsp3) is 0.351. The minimum Gasteiger partial charge on any atom is -0.508 e. The highest BCUT2D eigenvalue weighted by atomic mass is 16.3. The number of hydrogen-bond donors (Lipinski definition) is 1. The van der Waals surface area contributed by atoms with Gasteiger partial charge in [-0.25, -0.2) is 0 Å². The summed E-state index contributed by atoms with van der Waals surface area (Å²) in [6.07, 6.45) is 14.1. The molecule has 0 saturated carbocycles. The minimum absolute atomic E-state index is 0.0975. The second kappa shape index (κ2) is 10.0. The molecule has 2 radical (unpaired) electrons. The van der Waals surface area contributed by atoms with E-state index in [4.69, 9.17) is 7.85 Å². The van der Waals surface area contributed by atoms with Gasteiger partial charge in [-0.3, -0.25) is 0 Å². The molecule has 0 atom stereocenters. The molecular weight excluding hydrogens is 471 g/mol. The Morgan fingerprint density at radius 2 is 1.10 bits per heavy atom.